The topological polar surface area (TPSA) is 77.3 Å². The molecule has 0 bridgehead atoms. The van der Waals surface area contributed by atoms with Crippen molar-refractivity contribution in [1.29, 1.82) is 0 Å². The first-order valence-electron chi connectivity index (χ1n) is 6.25. The number of pyridine rings is 1. The molecule has 2 aromatic rings. The molecular weight excluding hydrogens is 294 g/mol. The minimum absolute atomic E-state index is 0.0694. The van der Waals surface area contributed by atoms with Gasteiger partial charge in [-0.1, -0.05) is 17.7 Å². The number of nitrogens with zero attached hydrogens (tertiary/aromatic N) is 2. The van der Waals surface area contributed by atoms with E-state index in [0.717, 1.165) is 11.1 Å². The summed E-state index contributed by atoms with van der Waals surface area (Å²) in [6.07, 6.45) is 3.10. The zero-order chi connectivity index (χ0) is 15.2. The number of hydrogen-bond acceptors (Lipinski definition) is 5. The van der Waals surface area contributed by atoms with Crippen LogP contribution in [0.25, 0.3) is 0 Å². The van der Waals surface area contributed by atoms with Gasteiger partial charge in [-0.15, -0.1) is 0 Å². The van der Waals surface area contributed by atoms with Crippen LogP contribution in [0.1, 0.15) is 11.1 Å². The third-order valence-corrected chi connectivity index (χ3v) is 3.18. The summed E-state index contributed by atoms with van der Waals surface area (Å²) in [5.41, 5.74) is 1.55. The van der Waals surface area contributed by atoms with Crippen LogP contribution in [0.3, 0.4) is 0 Å². The van der Waals surface area contributed by atoms with Crippen LogP contribution >= 0.6 is 11.6 Å². The Hall–Kier alpha value is -2.18. The Morgan fingerprint density at radius 2 is 2.24 bits per heavy atom. The van der Waals surface area contributed by atoms with E-state index in [1.54, 1.807) is 31.4 Å². The van der Waals surface area contributed by atoms with Crippen LogP contribution < -0.4 is 10.1 Å². The first-order valence-corrected chi connectivity index (χ1v) is 6.62. The molecule has 7 heteroatoms. The number of halogens is 1. The van der Waals surface area contributed by atoms with Gasteiger partial charge >= 0.3 is 5.69 Å². The third kappa shape index (κ3) is 3.90. The van der Waals surface area contributed by atoms with Crippen molar-refractivity contribution in [1.82, 2.24) is 10.3 Å². The Balaban J connectivity index is 2.22. The lowest BCUT2D eigenvalue weighted by Crippen LogP contribution is -2.06. The van der Waals surface area contributed by atoms with E-state index in [1.165, 1.54) is 12.3 Å². The molecule has 6 nitrogen and oxygen atoms in total. The molecule has 1 N–H and O–H groups in total. The first kappa shape index (κ1) is 15.2. The lowest BCUT2D eigenvalue weighted by Gasteiger charge is -2.09. The fourth-order valence-corrected chi connectivity index (χ4v) is 1.99. The largest absolute Gasteiger partial charge is 0.482 e. The number of aromatic nitrogens is 1. The van der Waals surface area contributed by atoms with Crippen LogP contribution in [0.4, 0.5) is 5.69 Å². The molecular formula is C14H14ClN3O3. The molecule has 0 aliphatic carbocycles. The average molecular weight is 308 g/mol. The van der Waals surface area contributed by atoms with Crippen molar-refractivity contribution in [2.75, 3.05) is 7.05 Å². The van der Waals surface area contributed by atoms with E-state index >= 15 is 0 Å². The Bertz CT molecular complexity index is 649. The zero-order valence-electron chi connectivity index (χ0n) is 11.4. The first-order chi connectivity index (χ1) is 10.1. The van der Waals surface area contributed by atoms with Crippen molar-refractivity contribution in [3.8, 4) is 5.75 Å². The highest BCUT2D eigenvalue weighted by Gasteiger charge is 2.16. The maximum atomic E-state index is 11.0. The smallest absolute Gasteiger partial charge is 0.310 e. The van der Waals surface area contributed by atoms with E-state index in [0.29, 0.717) is 11.6 Å². The highest BCUT2D eigenvalue weighted by molar-refractivity contribution is 6.31. The minimum atomic E-state index is -0.466. The lowest BCUT2D eigenvalue weighted by atomic mass is 10.2. The van der Waals surface area contributed by atoms with Crippen molar-refractivity contribution < 1.29 is 9.66 Å². The summed E-state index contributed by atoms with van der Waals surface area (Å²) in [6.45, 7) is 0.746. The fourth-order valence-electron chi connectivity index (χ4n) is 1.82. The molecule has 1 aromatic carbocycles. The molecule has 0 spiro atoms. The molecule has 1 aromatic heterocycles. The molecule has 0 amide bonds. The molecule has 110 valence electrons. The summed E-state index contributed by atoms with van der Waals surface area (Å²) in [6, 6.07) is 6.51. The van der Waals surface area contributed by atoms with Crippen molar-refractivity contribution in [2.45, 2.75) is 13.2 Å². The van der Waals surface area contributed by atoms with Gasteiger partial charge in [0.2, 0.25) is 0 Å². The number of hydrogen-bond donors (Lipinski definition) is 1. The predicted octanol–water partition coefficient (Wildman–Crippen LogP) is 2.94. The lowest BCUT2D eigenvalue weighted by molar-refractivity contribution is -0.386. The molecule has 0 fully saturated rings. The predicted molar refractivity (Wildman–Crippen MR) is 79.4 cm³/mol. The average Bonchev–Trinajstić information content (AvgIpc) is 2.46. The van der Waals surface area contributed by atoms with E-state index in [9.17, 15) is 10.1 Å². The normalized spacial score (nSPS) is 10.4. The number of nitro benzene ring substituents is 1. The van der Waals surface area contributed by atoms with E-state index in [4.69, 9.17) is 16.3 Å². The SMILES string of the molecule is CNCc1ccc([N+](=O)[O-])c(OCc2ccncc2Cl)c1. The molecule has 0 unspecified atom stereocenters. The molecule has 2 rings (SSSR count). The van der Waals surface area contributed by atoms with Gasteiger partial charge in [0, 0.05) is 30.6 Å². The third-order valence-electron chi connectivity index (χ3n) is 2.84. The quantitative estimate of drug-likeness (QED) is 0.656. The van der Waals surface area contributed by atoms with Crippen molar-refractivity contribution in [2.24, 2.45) is 0 Å². The Labute approximate surface area is 126 Å². The van der Waals surface area contributed by atoms with Crippen LogP contribution in [-0.2, 0) is 13.2 Å². The van der Waals surface area contributed by atoms with E-state index < -0.39 is 4.92 Å². The molecule has 0 saturated heterocycles. The summed E-state index contributed by atoms with van der Waals surface area (Å²) >= 11 is 5.99. The molecule has 21 heavy (non-hydrogen) atoms. The van der Waals surface area contributed by atoms with Crippen LogP contribution in [-0.4, -0.2) is 17.0 Å². The molecule has 0 radical (unpaired) electrons. The van der Waals surface area contributed by atoms with Crippen LogP contribution in [0.2, 0.25) is 5.02 Å². The van der Waals surface area contributed by atoms with Gasteiger partial charge in [0.25, 0.3) is 0 Å². The van der Waals surface area contributed by atoms with Crippen LogP contribution in [0.15, 0.2) is 36.7 Å². The van der Waals surface area contributed by atoms with Gasteiger partial charge in [0.05, 0.1) is 9.95 Å². The molecule has 0 atom stereocenters. The van der Waals surface area contributed by atoms with Crippen molar-refractivity contribution >= 4 is 17.3 Å². The number of ether oxygens (including phenoxy) is 1. The van der Waals surface area contributed by atoms with E-state index in [2.05, 4.69) is 10.3 Å². The van der Waals surface area contributed by atoms with Gasteiger partial charge in [-0.05, 0) is 24.7 Å². The zero-order valence-corrected chi connectivity index (χ0v) is 12.1. The second-order valence-corrected chi connectivity index (χ2v) is 4.75. The Kier molecular flexibility index (Phi) is 5.08. The van der Waals surface area contributed by atoms with Crippen LogP contribution in [0.5, 0.6) is 5.75 Å². The van der Waals surface area contributed by atoms with Crippen molar-refractivity contribution in [3.05, 3.63) is 62.9 Å². The van der Waals surface area contributed by atoms with Gasteiger partial charge in [-0.25, -0.2) is 0 Å². The Morgan fingerprint density at radius 1 is 1.43 bits per heavy atom. The highest BCUT2D eigenvalue weighted by Crippen LogP contribution is 2.29. The van der Waals surface area contributed by atoms with Crippen molar-refractivity contribution in [3.63, 3.8) is 0 Å². The second kappa shape index (κ2) is 7.01. The number of benzene rings is 1. The number of nitro groups is 1. The van der Waals surface area contributed by atoms with E-state index in [-0.39, 0.29) is 18.0 Å². The van der Waals surface area contributed by atoms with Gasteiger partial charge < -0.3 is 10.1 Å². The molecule has 0 aliphatic heterocycles. The molecule has 1 heterocycles. The summed E-state index contributed by atoms with van der Waals surface area (Å²) in [7, 11) is 1.80. The summed E-state index contributed by atoms with van der Waals surface area (Å²) in [4.78, 5) is 14.5. The van der Waals surface area contributed by atoms with Gasteiger partial charge in [0.15, 0.2) is 5.75 Å². The maximum Gasteiger partial charge on any atom is 0.310 e. The standard InChI is InChI=1S/C14H14ClN3O3/c1-16-7-10-2-3-13(18(19)20)14(6-10)21-9-11-4-5-17-8-12(11)15/h2-6,8,16H,7,9H2,1H3. The second-order valence-electron chi connectivity index (χ2n) is 4.35. The van der Waals surface area contributed by atoms with E-state index in [1.807, 2.05) is 0 Å². The number of nitrogens with one attached hydrogen (secondary N) is 1. The van der Waals surface area contributed by atoms with Crippen LogP contribution in [0, 0.1) is 10.1 Å². The van der Waals surface area contributed by atoms with Gasteiger partial charge in [0.1, 0.15) is 6.61 Å². The summed E-state index contributed by atoms with van der Waals surface area (Å²) < 4.78 is 5.57. The highest BCUT2D eigenvalue weighted by atomic mass is 35.5. The van der Waals surface area contributed by atoms with Gasteiger partial charge in [-0.3, -0.25) is 15.1 Å². The fraction of sp³-hybridized carbons (Fsp3) is 0.214. The van der Waals surface area contributed by atoms with Gasteiger partial charge in [-0.2, -0.15) is 0 Å². The molecule has 0 saturated carbocycles. The minimum Gasteiger partial charge on any atom is -0.482 e. The number of rotatable bonds is 6. The summed E-state index contributed by atoms with van der Waals surface area (Å²) in [5.74, 6) is 0.223. The molecule has 0 aliphatic rings. The maximum absolute atomic E-state index is 11.0. The Morgan fingerprint density at radius 3 is 2.90 bits per heavy atom. The summed E-state index contributed by atoms with van der Waals surface area (Å²) in [5, 5.41) is 14.5. The monoisotopic (exact) mass is 307 g/mol.